The monoisotopic (exact) mass is 358 g/mol. The van der Waals surface area contributed by atoms with E-state index in [0.717, 1.165) is 16.2 Å². The summed E-state index contributed by atoms with van der Waals surface area (Å²) in [7, 11) is 3.77. The van der Waals surface area contributed by atoms with Crippen molar-refractivity contribution in [3.05, 3.63) is 29.8 Å². The Kier molecular flexibility index (Phi) is 5.59. The molecule has 1 fully saturated rings. The number of carboxylic acids is 1. The van der Waals surface area contributed by atoms with E-state index in [1.807, 2.05) is 43.3 Å². The number of hydrogen-bond donors (Lipinski definition) is 1. The Bertz CT molecular complexity index is 646. The first-order valence-electron chi connectivity index (χ1n) is 7.93. The number of anilines is 1. The van der Waals surface area contributed by atoms with Gasteiger partial charge >= 0.3 is 12.1 Å². The molecule has 8 heteroatoms. The Morgan fingerprint density at radius 3 is 2.48 bits per heavy atom. The van der Waals surface area contributed by atoms with Crippen molar-refractivity contribution in [2.45, 2.75) is 19.0 Å². The van der Waals surface area contributed by atoms with Crippen LogP contribution in [0.25, 0.3) is 0 Å². The van der Waals surface area contributed by atoms with Gasteiger partial charge < -0.3 is 14.9 Å². The van der Waals surface area contributed by atoms with E-state index in [1.54, 1.807) is 0 Å². The van der Waals surface area contributed by atoms with Gasteiger partial charge in [0.05, 0.1) is 11.8 Å². The summed E-state index contributed by atoms with van der Waals surface area (Å²) in [6.07, 6.45) is -4.18. The number of rotatable bonds is 5. The van der Waals surface area contributed by atoms with Gasteiger partial charge in [-0.15, -0.1) is 0 Å². The summed E-state index contributed by atoms with van der Waals surface area (Å²) in [5.41, 5.74) is 1.87. The standard InChI is InChI=1S/C17H21F3N2O3/c1-21(2)12-5-3-4-11(8-12)6-7-15(23)22-9-13(16(24)25)14(10-22)17(18,19)20/h3-5,8,13-14H,6-7,9-10H2,1-2H3,(H,24,25)/t13-,14-/m1/s1. The molecule has 1 aromatic rings. The minimum Gasteiger partial charge on any atom is -0.481 e. The lowest BCUT2D eigenvalue weighted by Crippen LogP contribution is -2.34. The molecule has 0 spiro atoms. The van der Waals surface area contributed by atoms with Gasteiger partial charge in [0.15, 0.2) is 0 Å². The Hall–Kier alpha value is -2.25. The highest BCUT2D eigenvalue weighted by Crippen LogP contribution is 2.38. The molecule has 0 unspecified atom stereocenters. The summed E-state index contributed by atoms with van der Waals surface area (Å²) < 4.78 is 38.9. The number of aliphatic carboxylic acids is 1. The van der Waals surface area contributed by atoms with Crippen LogP contribution < -0.4 is 4.90 Å². The molecule has 1 aromatic carbocycles. The minimum absolute atomic E-state index is 0.0494. The summed E-state index contributed by atoms with van der Waals surface area (Å²) in [6, 6.07) is 7.53. The molecule has 2 atom stereocenters. The van der Waals surface area contributed by atoms with Gasteiger partial charge in [0.2, 0.25) is 5.91 Å². The van der Waals surface area contributed by atoms with Crippen LogP contribution >= 0.6 is 0 Å². The van der Waals surface area contributed by atoms with Crippen LogP contribution in [0.15, 0.2) is 24.3 Å². The molecular weight excluding hydrogens is 337 g/mol. The van der Waals surface area contributed by atoms with Crippen molar-refractivity contribution in [3.8, 4) is 0 Å². The molecule has 1 saturated heterocycles. The Morgan fingerprint density at radius 2 is 1.96 bits per heavy atom. The molecule has 0 saturated carbocycles. The van der Waals surface area contributed by atoms with Crippen molar-refractivity contribution in [3.63, 3.8) is 0 Å². The molecule has 1 heterocycles. The predicted molar refractivity (Wildman–Crippen MR) is 86.3 cm³/mol. The highest BCUT2D eigenvalue weighted by atomic mass is 19.4. The third kappa shape index (κ3) is 4.64. The predicted octanol–water partition coefficient (Wildman–Crippen LogP) is 2.41. The second kappa shape index (κ2) is 7.33. The molecule has 1 amide bonds. The summed E-state index contributed by atoms with van der Waals surface area (Å²) in [6.45, 7) is -0.979. The van der Waals surface area contributed by atoms with Crippen LogP contribution in [-0.2, 0) is 16.0 Å². The number of likely N-dealkylation sites (tertiary alicyclic amines) is 1. The van der Waals surface area contributed by atoms with Gasteiger partial charge in [-0.2, -0.15) is 13.2 Å². The second-order valence-corrected chi connectivity index (χ2v) is 6.46. The Balaban J connectivity index is 1.99. The molecule has 0 radical (unpaired) electrons. The van der Waals surface area contributed by atoms with Crippen molar-refractivity contribution in [1.82, 2.24) is 4.90 Å². The number of nitrogens with zero attached hydrogens (tertiary/aromatic N) is 2. The molecule has 0 aromatic heterocycles. The van der Waals surface area contributed by atoms with Crippen molar-refractivity contribution >= 4 is 17.6 Å². The van der Waals surface area contributed by atoms with Gasteiger partial charge in [-0.3, -0.25) is 9.59 Å². The fraction of sp³-hybridized carbons (Fsp3) is 0.529. The Morgan fingerprint density at radius 1 is 1.28 bits per heavy atom. The summed E-state index contributed by atoms with van der Waals surface area (Å²) in [4.78, 5) is 26.2. The first kappa shape index (κ1) is 19.1. The van der Waals surface area contributed by atoms with Crippen molar-refractivity contribution in [1.29, 1.82) is 0 Å². The second-order valence-electron chi connectivity index (χ2n) is 6.46. The maximum absolute atomic E-state index is 13.0. The van der Waals surface area contributed by atoms with Crippen LogP contribution in [0.3, 0.4) is 0 Å². The van der Waals surface area contributed by atoms with E-state index in [0.29, 0.717) is 6.42 Å². The van der Waals surface area contributed by atoms with Gasteiger partial charge in [0.1, 0.15) is 0 Å². The average molecular weight is 358 g/mol. The number of alkyl halides is 3. The number of halogens is 3. The van der Waals surface area contributed by atoms with Crippen LogP contribution in [0.5, 0.6) is 0 Å². The van der Waals surface area contributed by atoms with Gasteiger partial charge in [0.25, 0.3) is 0 Å². The fourth-order valence-corrected chi connectivity index (χ4v) is 2.99. The Labute approximate surface area is 144 Å². The van der Waals surface area contributed by atoms with Gasteiger partial charge in [-0.05, 0) is 24.1 Å². The first-order chi connectivity index (χ1) is 11.6. The van der Waals surface area contributed by atoms with E-state index in [1.165, 1.54) is 0 Å². The van der Waals surface area contributed by atoms with Crippen molar-refractivity contribution < 1.29 is 27.9 Å². The van der Waals surface area contributed by atoms with Gasteiger partial charge in [-0.1, -0.05) is 12.1 Å². The average Bonchev–Trinajstić information content (AvgIpc) is 2.99. The number of hydrogen-bond acceptors (Lipinski definition) is 3. The van der Waals surface area contributed by atoms with E-state index < -0.39 is 43.0 Å². The molecule has 0 aliphatic carbocycles. The molecule has 2 rings (SSSR count). The molecule has 0 bridgehead atoms. The highest BCUT2D eigenvalue weighted by molar-refractivity contribution is 5.79. The maximum Gasteiger partial charge on any atom is 0.394 e. The topological polar surface area (TPSA) is 60.9 Å². The lowest BCUT2D eigenvalue weighted by atomic mass is 9.96. The normalized spacial score (nSPS) is 20.6. The molecule has 138 valence electrons. The fourth-order valence-electron chi connectivity index (χ4n) is 2.99. The van der Waals surface area contributed by atoms with Crippen LogP contribution in [0.1, 0.15) is 12.0 Å². The zero-order chi connectivity index (χ0) is 18.8. The van der Waals surface area contributed by atoms with Crippen LogP contribution in [0, 0.1) is 11.8 Å². The molecule has 1 N–H and O–H groups in total. The summed E-state index contributed by atoms with van der Waals surface area (Å²) in [5, 5.41) is 8.99. The lowest BCUT2D eigenvalue weighted by molar-refractivity contribution is -0.188. The summed E-state index contributed by atoms with van der Waals surface area (Å²) >= 11 is 0. The number of carbonyl (C=O) groups excluding carboxylic acids is 1. The van der Waals surface area contributed by atoms with E-state index in [4.69, 9.17) is 5.11 Å². The highest BCUT2D eigenvalue weighted by Gasteiger charge is 2.53. The number of aryl methyl sites for hydroxylation is 1. The minimum atomic E-state index is -4.63. The van der Waals surface area contributed by atoms with E-state index in [9.17, 15) is 22.8 Å². The quantitative estimate of drug-likeness (QED) is 0.878. The molecular formula is C17H21F3N2O3. The number of amides is 1. The van der Waals surface area contributed by atoms with Crippen LogP contribution in [-0.4, -0.2) is 55.2 Å². The molecule has 25 heavy (non-hydrogen) atoms. The number of carbonyl (C=O) groups is 2. The zero-order valence-corrected chi connectivity index (χ0v) is 14.1. The van der Waals surface area contributed by atoms with Crippen LogP contribution in [0.2, 0.25) is 0 Å². The smallest absolute Gasteiger partial charge is 0.394 e. The largest absolute Gasteiger partial charge is 0.481 e. The number of carboxylic acid groups (broad SMARTS) is 1. The molecule has 5 nitrogen and oxygen atoms in total. The van der Waals surface area contributed by atoms with E-state index >= 15 is 0 Å². The van der Waals surface area contributed by atoms with Crippen LogP contribution in [0.4, 0.5) is 18.9 Å². The van der Waals surface area contributed by atoms with E-state index in [-0.39, 0.29) is 6.42 Å². The SMILES string of the molecule is CN(C)c1cccc(CCC(=O)N2C[C@@H](C(F)(F)F)[C@H](C(=O)O)C2)c1. The molecule has 1 aliphatic rings. The third-order valence-electron chi connectivity index (χ3n) is 4.46. The zero-order valence-electron chi connectivity index (χ0n) is 14.1. The first-order valence-corrected chi connectivity index (χ1v) is 7.93. The van der Waals surface area contributed by atoms with E-state index in [2.05, 4.69) is 0 Å². The van der Waals surface area contributed by atoms with Crippen molar-refractivity contribution in [2.75, 3.05) is 32.1 Å². The van der Waals surface area contributed by atoms with Crippen molar-refractivity contribution in [2.24, 2.45) is 11.8 Å². The van der Waals surface area contributed by atoms with Gasteiger partial charge in [0, 0.05) is 39.3 Å². The molecule has 1 aliphatic heterocycles. The summed E-state index contributed by atoms with van der Waals surface area (Å²) in [5.74, 6) is -5.57. The third-order valence-corrected chi connectivity index (χ3v) is 4.46. The van der Waals surface area contributed by atoms with Gasteiger partial charge in [-0.25, -0.2) is 0 Å². The lowest BCUT2D eigenvalue weighted by Gasteiger charge is -2.18. The number of benzene rings is 1. The maximum atomic E-state index is 13.0.